The van der Waals surface area contributed by atoms with Gasteiger partial charge in [0.05, 0.1) is 0 Å². The molecule has 0 radical (unpaired) electrons. The summed E-state index contributed by atoms with van der Waals surface area (Å²) in [6.07, 6.45) is -1.03. The number of benzene rings is 2. The number of hydrogen-bond donors (Lipinski definition) is 0. The lowest BCUT2D eigenvalue weighted by Gasteiger charge is -2.24. The summed E-state index contributed by atoms with van der Waals surface area (Å²) < 4.78 is 143. The summed E-state index contributed by atoms with van der Waals surface area (Å²) in [5, 5.41) is 0. The van der Waals surface area contributed by atoms with Crippen LogP contribution >= 0.6 is 0 Å². The molecule has 0 spiro atoms. The maximum Gasteiger partial charge on any atom is 0.374 e. The van der Waals surface area contributed by atoms with Gasteiger partial charge in [-0.3, -0.25) is 0 Å². The van der Waals surface area contributed by atoms with Crippen molar-refractivity contribution in [2.75, 3.05) is 0 Å². The van der Waals surface area contributed by atoms with Gasteiger partial charge in [-0.15, -0.1) is 0 Å². The molecule has 0 aliphatic heterocycles. The number of hydrogen-bond acceptors (Lipinski definition) is 1. The van der Waals surface area contributed by atoms with Crippen LogP contribution in [0.1, 0.15) is 26.7 Å². The van der Waals surface area contributed by atoms with Crippen molar-refractivity contribution in [3.8, 4) is 0 Å². The Morgan fingerprint density at radius 2 is 0.759 bits per heavy atom. The Morgan fingerprint density at radius 3 is 1.00 bits per heavy atom. The fraction of sp³-hybridized carbons (Fsp3) is 0.294. The standard InChI is InChI=1S/C17H11BF10O/c1-3-5(4-2)29-18(6-8(19)12(23)16(27)13(24)9(6)20)7-10(21)14(25)17(28)15(26)11(7)22/h5H,3-4H2,1-2H3. The zero-order valence-electron chi connectivity index (χ0n) is 14.8. The summed E-state index contributed by atoms with van der Waals surface area (Å²) >= 11 is 0. The molecule has 0 saturated heterocycles. The Kier molecular flexibility index (Phi) is 6.87. The minimum Gasteiger partial charge on any atom is -0.424 e. The van der Waals surface area contributed by atoms with E-state index in [9.17, 15) is 43.9 Å². The summed E-state index contributed by atoms with van der Waals surface area (Å²) in [5.74, 6) is -25.1. The van der Waals surface area contributed by atoms with Gasteiger partial charge in [-0.2, -0.15) is 0 Å². The molecule has 2 rings (SSSR count). The molecule has 0 aliphatic rings. The van der Waals surface area contributed by atoms with Crippen molar-refractivity contribution in [1.82, 2.24) is 0 Å². The first kappa shape index (κ1) is 23.0. The Balaban J connectivity index is 2.93. The van der Waals surface area contributed by atoms with E-state index in [0.29, 0.717) is 0 Å². The van der Waals surface area contributed by atoms with Gasteiger partial charge in [0, 0.05) is 17.0 Å². The van der Waals surface area contributed by atoms with Crippen molar-refractivity contribution in [2.45, 2.75) is 32.8 Å². The SMILES string of the molecule is CCC(CC)OB(c1c(F)c(F)c(F)c(F)c1F)c1c(F)c(F)c(F)c(F)c1F. The first-order valence-electron chi connectivity index (χ1n) is 8.17. The highest BCUT2D eigenvalue weighted by Gasteiger charge is 2.42. The summed E-state index contributed by atoms with van der Waals surface area (Å²) in [4.78, 5) is 0. The van der Waals surface area contributed by atoms with Gasteiger partial charge in [0.1, 0.15) is 0 Å². The molecule has 2 aromatic carbocycles. The summed E-state index contributed by atoms with van der Waals surface area (Å²) in [7, 11) is 0. The lowest BCUT2D eigenvalue weighted by Crippen LogP contribution is -2.54. The second-order valence-corrected chi connectivity index (χ2v) is 5.92. The van der Waals surface area contributed by atoms with E-state index in [1.165, 1.54) is 13.8 Å². The molecule has 0 aromatic heterocycles. The van der Waals surface area contributed by atoms with Crippen LogP contribution in [0.15, 0.2) is 0 Å². The van der Waals surface area contributed by atoms with Crippen LogP contribution in [0.5, 0.6) is 0 Å². The molecule has 0 unspecified atom stereocenters. The molecule has 0 bridgehead atoms. The van der Waals surface area contributed by atoms with Gasteiger partial charge in [0.2, 0.25) is 0 Å². The van der Waals surface area contributed by atoms with Crippen LogP contribution in [0.25, 0.3) is 0 Å². The van der Waals surface area contributed by atoms with E-state index in [2.05, 4.69) is 0 Å². The van der Waals surface area contributed by atoms with Crippen LogP contribution in [-0.4, -0.2) is 13.0 Å². The smallest absolute Gasteiger partial charge is 0.374 e. The van der Waals surface area contributed by atoms with Crippen molar-refractivity contribution in [2.24, 2.45) is 0 Å². The van der Waals surface area contributed by atoms with Gasteiger partial charge < -0.3 is 4.65 Å². The van der Waals surface area contributed by atoms with Gasteiger partial charge in [-0.1, -0.05) is 13.8 Å². The van der Waals surface area contributed by atoms with Gasteiger partial charge >= 0.3 is 6.92 Å². The minimum atomic E-state index is -2.81. The third kappa shape index (κ3) is 3.81. The third-order valence-corrected chi connectivity index (χ3v) is 4.25. The van der Waals surface area contributed by atoms with Gasteiger partial charge in [0.25, 0.3) is 0 Å². The van der Waals surface area contributed by atoms with Gasteiger partial charge in [-0.25, -0.2) is 43.9 Å². The molecule has 0 atom stereocenters. The lowest BCUT2D eigenvalue weighted by molar-refractivity contribution is 0.198. The number of rotatable bonds is 6. The fourth-order valence-electron chi connectivity index (χ4n) is 2.66. The topological polar surface area (TPSA) is 9.23 Å². The zero-order chi connectivity index (χ0) is 22.2. The molecular formula is C17H11BF10O. The Bertz CT molecular complexity index is 817. The average Bonchev–Trinajstić information content (AvgIpc) is 2.71. The van der Waals surface area contributed by atoms with Crippen LogP contribution in [-0.2, 0) is 4.65 Å². The van der Waals surface area contributed by atoms with Crippen molar-refractivity contribution in [3.05, 3.63) is 58.2 Å². The average molecular weight is 432 g/mol. The molecule has 0 amide bonds. The second-order valence-electron chi connectivity index (χ2n) is 5.92. The Hall–Kier alpha value is -2.24. The fourth-order valence-corrected chi connectivity index (χ4v) is 2.66. The minimum absolute atomic E-state index is 0.0256. The number of halogens is 10. The Labute approximate surface area is 158 Å². The predicted octanol–water partition coefficient (Wildman–Crippen LogP) is 4.39. The largest absolute Gasteiger partial charge is 0.424 e. The summed E-state index contributed by atoms with van der Waals surface area (Å²) in [6, 6.07) is 0. The molecule has 1 nitrogen and oxygen atoms in total. The monoisotopic (exact) mass is 432 g/mol. The molecule has 0 aliphatic carbocycles. The predicted molar refractivity (Wildman–Crippen MR) is 82.9 cm³/mol. The Morgan fingerprint density at radius 1 is 0.517 bits per heavy atom. The van der Waals surface area contributed by atoms with E-state index in [-0.39, 0.29) is 12.8 Å². The normalized spacial score (nSPS) is 11.5. The van der Waals surface area contributed by atoms with Crippen LogP contribution in [0.3, 0.4) is 0 Å². The van der Waals surface area contributed by atoms with Crippen LogP contribution < -0.4 is 10.9 Å². The van der Waals surface area contributed by atoms with E-state index in [1.54, 1.807) is 0 Å². The van der Waals surface area contributed by atoms with Gasteiger partial charge in [0.15, 0.2) is 58.2 Å². The van der Waals surface area contributed by atoms with Crippen molar-refractivity contribution < 1.29 is 48.6 Å². The van der Waals surface area contributed by atoms with Crippen LogP contribution in [0.2, 0.25) is 0 Å². The van der Waals surface area contributed by atoms with Crippen molar-refractivity contribution in [3.63, 3.8) is 0 Å². The van der Waals surface area contributed by atoms with Crippen molar-refractivity contribution >= 4 is 17.8 Å². The molecule has 0 heterocycles. The van der Waals surface area contributed by atoms with E-state index in [1.807, 2.05) is 0 Å². The highest BCUT2D eigenvalue weighted by atomic mass is 19.2. The van der Waals surface area contributed by atoms with Gasteiger partial charge in [-0.05, 0) is 12.8 Å². The highest BCUT2D eigenvalue weighted by molar-refractivity contribution is 6.80. The summed E-state index contributed by atoms with van der Waals surface area (Å²) in [6.45, 7) is 0.0825. The maximum absolute atomic E-state index is 14.2. The molecule has 0 saturated carbocycles. The maximum atomic E-state index is 14.2. The zero-order valence-corrected chi connectivity index (χ0v) is 14.8. The van der Waals surface area contributed by atoms with E-state index in [4.69, 9.17) is 4.65 Å². The van der Waals surface area contributed by atoms with E-state index in [0.717, 1.165) is 0 Å². The van der Waals surface area contributed by atoms with Crippen LogP contribution in [0.4, 0.5) is 43.9 Å². The first-order valence-corrected chi connectivity index (χ1v) is 8.17. The highest BCUT2D eigenvalue weighted by Crippen LogP contribution is 2.22. The van der Waals surface area contributed by atoms with Crippen molar-refractivity contribution in [1.29, 1.82) is 0 Å². The molecular weight excluding hydrogens is 421 g/mol. The van der Waals surface area contributed by atoms with E-state index < -0.39 is 82.1 Å². The second kappa shape index (κ2) is 8.64. The molecule has 2 aromatic rings. The first-order chi connectivity index (χ1) is 13.5. The molecule has 12 heteroatoms. The third-order valence-electron chi connectivity index (χ3n) is 4.25. The van der Waals surface area contributed by atoms with E-state index >= 15 is 0 Å². The molecule has 0 fully saturated rings. The summed E-state index contributed by atoms with van der Waals surface area (Å²) in [5.41, 5.74) is -3.76. The molecule has 0 N–H and O–H groups in total. The molecule has 158 valence electrons. The molecule has 29 heavy (non-hydrogen) atoms. The lowest BCUT2D eigenvalue weighted by atomic mass is 9.54. The quantitative estimate of drug-likeness (QED) is 0.285. The van der Waals surface area contributed by atoms with Crippen LogP contribution in [0, 0.1) is 58.2 Å².